The lowest BCUT2D eigenvalue weighted by Crippen LogP contribution is -2.53. The van der Waals surface area contributed by atoms with Crippen molar-refractivity contribution in [3.8, 4) is 0 Å². The zero-order valence-corrected chi connectivity index (χ0v) is 17.3. The molecule has 2 saturated heterocycles. The summed E-state index contributed by atoms with van der Waals surface area (Å²) in [5, 5.41) is 0.843. The Kier molecular flexibility index (Phi) is 5.84. The number of carbonyl (C=O) groups excluding carboxylic acids is 2. The van der Waals surface area contributed by atoms with Gasteiger partial charge in [0.1, 0.15) is 5.82 Å². The summed E-state index contributed by atoms with van der Waals surface area (Å²) in [5.41, 5.74) is 0.787. The lowest BCUT2D eigenvalue weighted by Gasteiger charge is -2.38. The van der Waals surface area contributed by atoms with Crippen molar-refractivity contribution in [2.45, 2.75) is 19.8 Å². The minimum absolute atomic E-state index is 0.0818. The van der Waals surface area contributed by atoms with E-state index >= 15 is 0 Å². The second kappa shape index (κ2) is 8.52. The molecule has 29 heavy (non-hydrogen) atoms. The Labute approximate surface area is 173 Å². The first kappa shape index (κ1) is 19.9. The zero-order chi connectivity index (χ0) is 20.4. The number of piperazine rings is 1. The number of thiazole rings is 1. The highest BCUT2D eigenvalue weighted by atomic mass is 32.1. The third kappa shape index (κ3) is 4.29. The first-order valence-corrected chi connectivity index (χ1v) is 10.9. The molecular weight excluding hydrogens is 395 g/mol. The van der Waals surface area contributed by atoms with Gasteiger partial charge in [0.05, 0.1) is 22.7 Å². The summed E-state index contributed by atoms with van der Waals surface area (Å²) >= 11 is 1.47. The van der Waals surface area contributed by atoms with Crippen LogP contribution in [0, 0.1) is 11.7 Å². The molecule has 156 valence electrons. The molecule has 0 bridgehead atoms. The first-order chi connectivity index (χ1) is 14.0. The zero-order valence-electron chi connectivity index (χ0n) is 16.5. The first-order valence-electron chi connectivity index (χ1n) is 10.1. The summed E-state index contributed by atoms with van der Waals surface area (Å²) in [6.07, 6.45) is 1.46. The molecule has 0 N–H and O–H groups in total. The van der Waals surface area contributed by atoms with Crippen LogP contribution < -0.4 is 4.90 Å². The Morgan fingerprint density at radius 3 is 2.72 bits per heavy atom. The van der Waals surface area contributed by atoms with Crippen LogP contribution in [0.25, 0.3) is 10.2 Å². The monoisotopic (exact) mass is 420 g/mol. The van der Waals surface area contributed by atoms with E-state index < -0.39 is 0 Å². The number of carbonyl (C=O) groups is 2. The summed E-state index contributed by atoms with van der Waals surface area (Å²) in [6.45, 7) is 5.70. The van der Waals surface area contributed by atoms with E-state index in [0.29, 0.717) is 39.3 Å². The van der Waals surface area contributed by atoms with Crippen LogP contribution in [-0.2, 0) is 9.53 Å². The van der Waals surface area contributed by atoms with Crippen molar-refractivity contribution in [1.82, 2.24) is 14.8 Å². The highest BCUT2D eigenvalue weighted by Crippen LogP contribution is 2.32. The molecule has 1 aromatic carbocycles. The summed E-state index contributed by atoms with van der Waals surface area (Å²) < 4.78 is 19.3. The second-order valence-corrected chi connectivity index (χ2v) is 8.41. The molecular formula is C20H25FN4O3S. The van der Waals surface area contributed by atoms with E-state index in [9.17, 15) is 14.0 Å². The van der Waals surface area contributed by atoms with Gasteiger partial charge in [-0.05, 0) is 38.0 Å². The number of aromatic nitrogens is 1. The maximum Gasteiger partial charge on any atom is 0.409 e. The third-order valence-electron chi connectivity index (χ3n) is 5.50. The quantitative estimate of drug-likeness (QED) is 0.764. The van der Waals surface area contributed by atoms with Gasteiger partial charge in [0, 0.05) is 39.3 Å². The van der Waals surface area contributed by atoms with Crippen molar-refractivity contribution in [3.05, 3.63) is 24.0 Å². The molecule has 1 atom stereocenters. The van der Waals surface area contributed by atoms with Crippen molar-refractivity contribution < 1.29 is 18.7 Å². The number of piperidine rings is 1. The maximum absolute atomic E-state index is 13.5. The van der Waals surface area contributed by atoms with Gasteiger partial charge < -0.3 is 19.4 Å². The number of anilines is 1. The molecule has 2 aromatic rings. The maximum atomic E-state index is 13.5. The van der Waals surface area contributed by atoms with Crippen molar-refractivity contribution >= 4 is 38.7 Å². The van der Waals surface area contributed by atoms with Crippen LogP contribution in [0.1, 0.15) is 19.8 Å². The summed E-state index contributed by atoms with van der Waals surface area (Å²) in [5.74, 6) is -0.201. The number of amides is 2. The van der Waals surface area contributed by atoms with Gasteiger partial charge in [0.25, 0.3) is 0 Å². The fourth-order valence-electron chi connectivity index (χ4n) is 3.96. The number of ether oxygens (including phenoxy) is 1. The van der Waals surface area contributed by atoms with E-state index in [1.54, 1.807) is 17.9 Å². The number of hydrogen-bond donors (Lipinski definition) is 0. The Bertz CT molecular complexity index is 897. The van der Waals surface area contributed by atoms with Gasteiger partial charge in [-0.15, -0.1) is 0 Å². The predicted octanol–water partition coefficient (Wildman–Crippen LogP) is 2.95. The van der Waals surface area contributed by atoms with Crippen LogP contribution in [0.5, 0.6) is 0 Å². The fraction of sp³-hybridized carbons (Fsp3) is 0.550. The van der Waals surface area contributed by atoms with Crippen LogP contribution in [-0.4, -0.2) is 72.7 Å². The molecule has 0 aliphatic carbocycles. The standard InChI is InChI=1S/C20H25FN4O3S/c1-2-28-20(27)24-10-8-23(9-11-24)18(26)14-4-3-7-25(13-14)19-22-16-6-5-15(21)12-17(16)29-19/h5-6,12,14H,2-4,7-11,13H2,1H3. The van der Waals surface area contributed by atoms with Crippen LogP contribution >= 0.6 is 11.3 Å². The topological polar surface area (TPSA) is 66.0 Å². The molecule has 0 saturated carbocycles. The number of benzene rings is 1. The Morgan fingerprint density at radius 2 is 1.97 bits per heavy atom. The molecule has 3 heterocycles. The average Bonchev–Trinajstić information content (AvgIpc) is 3.17. The van der Waals surface area contributed by atoms with Gasteiger partial charge in [-0.25, -0.2) is 14.2 Å². The van der Waals surface area contributed by atoms with Crippen LogP contribution in [0.2, 0.25) is 0 Å². The largest absolute Gasteiger partial charge is 0.450 e. The third-order valence-corrected chi connectivity index (χ3v) is 6.58. The van der Waals surface area contributed by atoms with Crippen molar-refractivity contribution in [2.24, 2.45) is 5.92 Å². The Balaban J connectivity index is 1.38. The molecule has 0 radical (unpaired) electrons. The Hall–Kier alpha value is -2.42. The minimum atomic E-state index is -0.310. The number of halogens is 1. The highest BCUT2D eigenvalue weighted by molar-refractivity contribution is 7.22. The van der Waals surface area contributed by atoms with Crippen molar-refractivity contribution in [2.75, 3.05) is 50.8 Å². The van der Waals surface area contributed by atoms with E-state index in [4.69, 9.17) is 4.74 Å². The van der Waals surface area contributed by atoms with Gasteiger partial charge >= 0.3 is 6.09 Å². The van der Waals surface area contributed by atoms with Gasteiger partial charge in [0.2, 0.25) is 5.91 Å². The van der Waals surface area contributed by atoms with E-state index in [2.05, 4.69) is 9.88 Å². The molecule has 9 heteroatoms. The Morgan fingerprint density at radius 1 is 1.21 bits per heavy atom. The van der Waals surface area contributed by atoms with E-state index in [1.807, 2.05) is 4.90 Å². The van der Waals surface area contributed by atoms with E-state index in [1.165, 1.54) is 23.5 Å². The average molecular weight is 421 g/mol. The molecule has 2 aliphatic rings. The summed E-state index contributed by atoms with van der Waals surface area (Å²) in [4.78, 5) is 35.2. The number of hydrogen-bond acceptors (Lipinski definition) is 6. The number of fused-ring (bicyclic) bond motifs is 1. The molecule has 2 amide bonds. The van der Waals surface area contributed by atoms with Crippen LogP contribution in [0.4, 0.5) is 14.3 Å². The highest BCUT2D eigenvalue weighted by Gasteiger charge is 2.33. The molecule has 2 fully saturated rings. The lowest BCUT2D eigenvalue weighted by atomic mass is 9.96. The van der Waals surface area contributed by atoms with E-state index in [0.717, 1.165) is 34.7 Å². The summed E-state index contributed by atoms with van der Waals surface area (Å²) in [6, 6.07) is 4.62. The molecule has 7 nitrogen and oxygen atoms in total. The van der Waals surface area contributed by atoms with Crippen molar-refractivity contribution in [1.29, 1.82) is 0 Å². The van der Waals surface area contributed by atoms with Gasteiger partial charge in [-0.3, -0.25) is 4.79 Å². The summed E-state index contributed by atoms with van der Waals surface area (Å²) in [7, 11) is 0. The van der Waals surface area contributed by atoms with Crippen molar-refractivity contribution in [3.63, 3.8) is 0 Å². The van der Waals surface area contributed by atoms with Crippen LogP contribution in [0.3, 0.4) is 0 Å². The number of nitrogens with zero attached hydrogens (tertiary/aromatic N) is 4. The molecule has 2 aliphatic heterocycles. The molecule has 1 aromatic heterocycles. The normalized spacial score (nSPS) is 20.2. The molecule has 4 rings (SSSR count). The molecule has 0 spiro atoms. The lowest BCUT2D eigenvalue weighted by molar-refractivity contribution is -0.137. The smallest absolute Gasteiger partial charge is 0.409 e. The van der Waals surface area contributed by atoms with Gasteiger partial charge in [-0.1, -0.05) is 11.3 Å². The second-order valence-electron chi connectivity index (χ2n) is 7.40. The molecule has 1 unspecified atom stereocenters. The predicted molar refractivity (Wildman–Crippen MR) is 110 cm³/mol. The minimum Gasteiger partial charge on any atom is -0.450 e. The van der Waals surface area contributed by atoms with E-state index in [-0.39, 0.29) is 23.7 Å². The number of rotatable bonds is 3. The fourth-order valence-corrected chi connectivity index (χ4v) is 4.98. The van der Waals surface area contributed by atoms with Gasteiger partial charge in [-0.2, -0.15) is 0 Å². The van der Waals surface area contributed by atoms with Gasteiger partial charge in [0.15, 0.2) is 5.13 Å². The van der Waals surface area contributed by atoms with Crippen LogP contribution in [0.15, 0.2) is 18.2 Å². The SMILES string of the molecule is CCOC(=O)N1CCN(C(=O)C2CCCN(c3nc4ccc(F)cc4s3)C2)CC1.